The first-order chi connectivity index (χ1) is 6.08. The van der Waals surface area contributed by atoms with Gasteiger partial charge in [-0.15, -0.1) is 0 Å². The van der Waals surface area contributed by atoms with Gasteiger partial charge in [0.05, 0.1) is 6.04 Å². The second-order valence-electron chi connectivity index (χ2n) is 3.87. The molecule has 1 aliphatic heterocycles. The molecule has 1 aliphatic rings. The maximum absolute atomic E-state index is 11.3. The van der Waals surface area contributed by atoms with Crippen LogP contribution in [0.1, 0.15) is 26.7 Å². The van der Waals surface area contributed by atoms with Gasteiger partial charge in [-0.3, -0.25) is 9.59 Å². The Balaban J connectivity index is 2.24. The van der Waals surface area contributed by atoms with E-state index in [4.69, 9.17) is 0 Å². The van der Waals surface area contributed by atoms with Crippen LogP contribution in [0.15, 0.2) is 0 Å². The lowest BCUT2D eigenvalue weighted by Crippen LogP contribution is -2.36. The molecule has 13 heavy (non-hydrogen) atoms. The van der Waals surface area contributed by atoms with E-state index in [1.54, 1.807) is 0 Å². The molecule has 1 rings (SSSR count). The number of hydrogen-bond acceptors (Lipinski definition) is 2. The van der Waals surface area contributed by atoms with Crippen LogP contribution in [0.5, 0.6) is 0 Å². The van der Waals surface area contributed by atoms with Crippen molar-refractivity contribution in [1.82, 2.24) is 10.6 Å². The quantitative estimate of drug-likeness (QED) is 0.650. The van der Waals surface area contributed by atoms with Gasteiger partial charge in [0.1, 0.15) is 0 Å². The summed E-state index contributed by atoms with van der Waals surface area (Å²) in [4.78, 5) is 22.1. The van der Waals surface area contributed by atoms with Gasteiger partial charge in [-0.25, -0.2) is 0 Å². The van der Waals surface area contributed by atoms with Gasteiger partial charge in [0, 0.05) is 19.4 Å². The third-order valence-corrected chi connectivity index (χ3v) is 1.94. The average molecular weight is 184 g/mol. The van der Waals surface area contributed by atoms with Crippen molar-refractivity contribution in [2.24, 2.45) is 5.92 Å². The van der Waals surface area contributed by atoms with E-state index in [1.807, 2.05) is 13.8 Å². The topological polar surface area (TPSA) is 58.2 Å². The summed E-state index contributed by atoms with van der Waals surface area (Å²) in [5, 5.41) is 5.49. The van der Waals surface area contributed by atoms with E-state index in [2.05, 4.69) is 10.6 Å². The zero-order valence-electron chi connectivity index (χ0n) is 8.09. The minimum Gasteiger partial charge on any atom is -0.354 e. The molecule has 2 amide bonds. The van der Waals surface area contributed by atoms with Gasteiger partial charge < -0.3 is 10.6 Å². The van der Waals surface area contributed by atoms with Crippen molar-refractivity contribution in [3.8, 4) is 0 Å². The Kier molecular flexibility index (Phi) is 3.28. The fourth-order valence-electron chi connectivity index (χ4n) is 1.36. The molecule has 4 nitrogen and oxygen atoms in total. The van der Waals surface area contributed by atoms with Crippen LogP contribution in [0, 0.1) is 5.92 Å². The number of carbonyl (C=O) groups excluding carboxylic acids is 2. The van der Waals surface area contributed by atoms with E-state index < -0.39 is 0 Å². The number of hydrogen-bond donors (Lipinski definition) is 2. The SMILES string of the molecule is CC(C)CC(=O)NC1CNC(=O)C1. The van der Waals surface area contributed by atoms with E-state index in [0.717, 1.165) is 0 Å². The predicted octanol–water partition coefficient (Wildman–Crippen LogP) is 0.0372. The Morgan fingerprint density at radius 3 is 2.85 bits per heavy atom. The highest BCUT2D eigenvalue weighted by atomic mass is 16.2. The lowest BCUT2D eigenvalue weighted by Gasteiger charge is -2.11. The Hall–Kier alpha value is -1.06. The monoisotopic (exact) mass is 184 g/mol. The van der Waals surface area contributed by atoms with Gasteiger partial charge in [-0.1, -0.05) is 13.8 Å². The second kappa shape index (κ2) is 4.25. The average Bonchev–Trinajstić information content (AvgIpc) is 2.33. The van der Waals surface area contributed by atoms with Crippen LogP contribution < -0.4 is 10.6 Å². The molecule has 1 fully saturated rings. The first kappa shape index (κ1) is 10.0. The van der Waals surface area contributed by atoms with Crippen LogP contribution >= 0.6 is 0 Å². The Bertz CT molecular complexity index is 214. The lowest BCUT2D eigenvalue weighted by atomic mass is 10.1. The van der Waals surface area contributed by atoms with Crippen LogP contribution in [-0.2, 0) is 9.59 Å². The minimum atomic E-state index is -0.00116. The van der Waals surface area contributed by atoms with Crippen molar-refractivity contribution in [3.05, 3.63) is 0 Å². The predicted molar refractivity (Wildman–Crippen MR) is 49.0 cm³/mol. The summed E-state index contributed by atoms with van der Waals surface area (Å²) < 4.78 is 0. The van der Waals surface area contributed by atoms with E-state index in [9.17, 15) is 9.59 Å². The minimum absolute atomic E-state index is 0.00116. The summed E-state index contributed by atoms with van der Waals surface area (Å²) >= 11 is 0. The molecule has 1 atom stereocenters. The highest BCUT2D eigenvalue weighted by Crippen LogP contribution is 2.02. The second-order valence-corrected chi connectivity index (χ2v) is 3.87. The molecule has 0 aromatic carbocycles. The molecule has 1 saturated heterocycles. The van der Waals surface area contributed by atoms with Crippen molar-refractivity contribution in [3.63, 3.8) is 0 Å². The standard InChI is InChI=1S/C9H16N2O2/c1-6(2)3-9(13)11-7-4-8(12)10-5-7/h6-7H,3-5H2,1-2H3,(H,10,12)(H,11,13). The zero-order chi connectivity index (χ0) is 9.84. The molecule has 0 aromatic rings. The maximum atomic E-state index is 11.3. The largest absolute Gasteiger partial charge is 0.354 e. The van der Waals surface area contributed by atoms with E-state index in [1.165, 1.54) is 0 Å². The van der Waals surface area contributed by atoms with Crippen LogP contribution in [0.25, 0.3) is 0 Å². The maximum Gasteiger partial charge on any atom is 0.222 e. The Morgan fingerprint density at radius 2 is 2.38 bits per heavy atom. The fraction of sp³-hybridized carbons (Fsp3) is 0.778. The molecule has 0 spiro atoms. The third kappa shape index (κ3) is 3.44. The van der Waals surface area contributed by atoms with Crippen LogP contribution in [0.4, 0.5) is 0 Å². The number of amides is 2. The zero-order valence-corrected chi connectivity index (χ0v) is 8.09. The van der Waals surface area contributed by atoms with Gasteiger partial charge in [0.2, 0.25) is 11.8 Å². The summed E-state index contributed by atoms with van der Waals surface area (Å²) in [7, 11) is 0. The first-order valence-corrected chi connectivity index (χ1v) is 4.64. The van der Waals surface area contributed by atoms with Crippen molar-refractivity contribution >= 4 is 11.8 Å². The summed E-state index contributed by atoms with van der Waals surface area (Å²) in [6, 6.07) is -0.00116. The molecule has 0 saturated carbocycles. The molecular formula is C9H16N2O2. The lowest BCUT2D eigenvalue weighted by molar-refractivity contribution is -0.122. The van der Waals surface area contributed by atoms with Gasteiger partial charge in [-0.2, -0.15) is 0 Å². The molecule has 0 bridgehead atoms. The molecule has 74 valence electrons. The molecule has 2 N–H and O–H groups in total. The first-order valence-electron chi connectivity index (χ1n) is 4.64. The summed E-state index contributed by atoms with van der Waals surface area (Å²) in [6.07, 6.45) is 0.953. The van der Waals surface area contributed by atoms with Crippen molar-refractivity contribution in [1.29, 1.82) is 0 Å². The van der Waals surface area contributed by atoms with Gasteiger partial charge >= 0.3 is 0 Å². The number of carbonyl (C=O) groups is 2. The third-order valence-electron chi connectivity index (χ3n) is 1.94. The van der Waals surface area contributed by atoms with Crippen LogP contribution in [0.2, 0.25) is 0 Å². The van der Waals surface area contributed by atoms with Crippen molar-refractivity contribution < 1.29 is 9.59 Å². The molecule has 1 heterocycles. The normalized spacial score (nSPS) is 21.8. The van der Waals surface area contributed by atoms with Gasteiger partial charge in [0.25, 0.3) is 0 Å². The van der Waals surface area contributed by atoms with E-state index in [-0.39, 0.29) is 17.9 Å². The highest BCUT2D eigenvalue weighted by Gasteiger charge is 2.22. The van der Waals surface area contributed by atoms with Gasteiger partial charge in [0.15, 0.2) is 0 Å². The van der Waals surface area contributed by atoms with E-state index in [0.29, 0.717) is 25.3 Å². The molecule has 0 aliphatic carbocycles. The molecule has 0 aromatic heterocycles. The highest BCUT2D eigenvalue weighted by molar-refractivity contribution is 5.82. The van der Waals surface area contributed by atoms with E-state index >= 15 is 0 Å². The Labute approximate surface area is 78.1 Å². The molecule has 0 radical (unpaired) electrons. The summed E-state index contributed by atoms with van der Waals surface area (Å²) in [6.45, 7) is 4.57. The van der Waals surface area contributed by atoms with Crippen LogP contribution in [-0.4, -0.2) is 24.4 Å². The van der Waals surface area contributed by atoms with Crippen LogP contribution in [0.3, 0.4) is 0 Å². The van der Waals surface area contributed by atoms with Crippen molar-refractivity contribution in [2.45, 2.75) is 32.7 Å². The van der Waals surface area contributed by atoms with Crippen molar-refractivity contribution in [2.75, 3.05) is 6.54 Å². The van der Waals surface area contributed by atoms with Gasteiger partial charge in [-0.05, 0) is 5.92 Å². The summed E-state index contributed by atoms with van der Waals surface area (Å²) in [5.41, 5.74) is 0. The smallest absolute Gasteiger partial charge is 0.222 e. The fourth-order valence-corrected chi connectivity index (χ4v) is 1.36. The number of nitrogens with one attached hydrogen (secondary N) is 2. The molecular weight excluding hydrogens is 168 g/mol. The summed E-state index contributed by atoms with van der Waals surface area (Å²) in [5.74, 6) is 0.427. The number of rotatable bonds is 3. The molecule has 4 heteroatoms. The Morgan fingerprint density at radius 1 is 1.69 bits per heavy atom. The molecule has 1 unspecified atom stereocenters.